The second kappa shape index (κ2) is 7.29. The van der Waals surface area contributed by atoms with E-state index in [1.807, 2.05) is 6.07 Å². The van der Waals surface area contributed by atoms with Crippen LogP contribution < -0.4 is 10.6 Å². The molecule has 0 unspecified atom stereocenters. The lowest BCUT2D eigenvalue weighted by Crippen LogP contribution is -2.37. The zero-order valence-electron chi connectivity index (χ0n) is 12.4. The van der Waals surface area contributed by atoms with Crippen LogP contribution in [0, 0.1) is 11.3 Å². The summed E-state index contributed by atoms with van der Waals surface area (Å²) in [4.78, 5) is 23.0. The van der Waals surface area contributed by atoms with Crippen molar-refractivity contribution in [1.82, 2.24) is 5.32 Å². The SMILES string of the molecule is CC(C)(C)OC(=O)NCC(=O)Nc1ccc(CC#N)cc1. The first-order chi connectivity index (χ1) is 9.80. The maximum atomic E-state index is 11.7. The number of carbonyl (C=O) groups excluding carboxylic acids is 2. The second-order valence-corrected chi connectivity index (χ2v) is 5.44. The molecule has 6 nitrogen and oxygen atoms in total. The van der Waals surface area contributed by atoms with E-state index in [4.69, 9.17) is 10.00 Å². The molecule has 1 rings (SSSR count). The first-order valence-electron chi connectivity index (χ1n) is 6.53. The highest BCUT2D eigenvalue weighted by Gasteiger charge is 2.16. The molecular weight excluding hydrogens is 270 g/mol. The van der Waals surface area contributed by atoms with Crippen molar-refractivity contribution in [3.8, 4) is 6.07 Å². The van der Waals surface area contributed by atoms with Crippen molar-refractivity contribution in [2.45, 2.75) is 32.8 Å². The molecule has 0 saturated carbocycles. The van der Waals surface area contributed by atoms with Gasteiger partial charge in [0.1, 0.15) is 12.1 Å². The van der Waals surface area contributed by atoms with E-state index in [0.29, 0.717) is 12.1 Å². The van der Waals surface area contributed by atoms with E-state index < -0.39 is 11.7 Å². The molecule has 112 valence electrons. The van der Waals surface area contributed by atoms with E-state index >= 15 is 0 Å². The molecule has 21 heavy (non-hydrogen) atoms. The maximum absolute atomic E-state index is 11.7. The fourth-order valence-electron chi connectivity index (χ4n) is 1.47. The Bertz CT molecular complexity index is 539. The van der Waals surface area contributed by atoms with Gasteiger partial charge in [-0.2, -0.15) is 5.26 Å². The van der Waals surface area contributed by atoms with Gasteiger partial charge in [-0.25, -0.2) is 4.79 Å². The Labute approximate surface area is 124 Å². The number of ether oxygens (including phenoxy) is 1. The molecule has 0 aliphatic heterocycles. The lowest BCUT2D eigenvalue weighted by atomic mass is 10.1. The van der Waals surface area contributed by atoms with Crippen LogP contribution >= 0.6 is 0 Å². The van der Waals surface area contributed by atoms with Crippen LogP contribution in [0.4, 0.5) is 10.5 Å². The monoisotopic (exact) mass is 289 g/mol. The Balaban J connectivity index is 2.40. The van der Waals surface area contributed by atoms with Crippen LogP contribution in [-0.4, -0.2) is 24.1 Å². The van der Waals surface area contributed by atoms with Gasteiger partial charge in [-0.1, -0.05) is 12.1 Å². The number of benzene rings is 1. The Morgan fingerprint density at radius 2 is 1.86 bits per heavy atom. The summed E-state index contributed by atoms with van der Waals surface area (Å²) in [6, 6.07) is 8.99. The van der Waals surface area contributed by atoms with Crippen molar-refractivity contribution in [2.24, 2.45) is 0 Å². The molecule has 1 aromatic carbocycles. The Kier molecular flexibility index (Phi) is 5.73. The molecular formula is C15H19N3O3. The van der Waals surface area contributed by atoms with Gasteiger partial charge in [-0.05, 0) is 38.5 Å². The minimum Gasteiger partial charge on any atom is -0.444 e. The van der Waals surface area contributed by atoms with E-state index in [9.17, 15) is 9.59 Å². The number of anilines is 1. The molecule has 1 aromatic rings. The largest absolute Gasteiger partial charge is 0.444 e. The standard InChI is InChI=1S/C15H19N3O3/c1-15(2,3)21-14(20)17-10-13(19)18-12-6-4-11(5-7-12)8-9-16/h4-7H,8,10H2,1-3H3,(H,17,20)(H,18,19). The third kappa shape index (κ3) is 6.97. The number of hydrogen-bond donors (Lipinski definition) is 2. The minimum absolute atomic E-state index is 0.172. The van der Waals surface area contributed by atoms with E-state index in [1.165, 1.54) is 0 Å². The first-order valence-corrected chi connectivity index (χ1v) is 6.53. The summed E-state index contributed by atoms with van der Waals surface area (Å²) >= 11 is 0. The summed E-state index contributed by atoms with van der Waals surface area (Å²) in [5, 5.41) is 13.6. The van der Waals surface area contributed by atoms with Crippen LogP contribution in [0.2, 0.25) is 0 Å². The third-order valence-corrected chi connectivity index (χ3v) is 2.31. The predicted molar refractivity (Wildman–Crippen MR) is 78.6 cm³/mol. The Morgan fingerprint density at radius 3 is 2.38 bits per heavy atom. The minimum atomic E-state index is -0.637. The lowest BCUT2D eigenvalue weighted by Gasteiger charge is -2.19. The quantitative estimate of drug-likeness (QED) is 0.889. The number of carbonyl (C=O) groups is 2. The van der Waals surface area contributed by atoms with Gasteiger partial charge < -0.3 is 15.4 Å². The molecule has 0 atom stereocenters. The molecule has 6 heteroatoms. The lowest BCUT2D eigenvalue weighted by molar-refractivity contribution is -0.115. The van der Waals surface area contributed by atoms with Crippen LogP contribution in [0.25, 0.3) is 0 Å². The normalized spacial score (nSPS) is 10.4. The molecule has 0 aliphatic rings. The summed E-state index contributed by atoms with van der Waals surface area (Å²) in [5.41, 5.74) is 0.881. The van der Waals surface area contributed by atoms with E-state index in [-0.39, 0.29) is 12.5 Å². The van der Waals surface area contributed by atoms with Crippen molar-refractivity contribution in [3.63, 3.8) is 0 Å². The number of alkyl carbamates (subject to hydrolysis) is 1. The zero-order valence-corrected chi connectivity index (χ0v) is 12.4. The summed E-state index contributed by atoms with van der Waals surface area (Å²) in [6.07, 6.45) is -0.309. The highest BCUT2D eigenvalue weighted by molar-refractivity contribution is 5.93. The summed E-state index contributed by atoms with van der Waals surface area (Å²) in [6.45, 7) is 5.06. The van der Waals surface area contributed by atoms with Crippen molar-refractivity contribution >= 4 is 17.7 Å². The van der Waals surface area contributed by atoms with Crippen LogP contribution in [0.1, 0.15) is 26.3 Å². The Hall–Kier alpha value is -2.55. The van der Waals surface area contributed by atoms with E-state index in [2.05, 4.69) is 10.6 Å². The van der Waals surface area contributed by atoms with Gasteiger partial charge in [0, 0.05) is 5.69 Å². The van der Waals surface area contributed by atoms with Crippen molar-refractivity contribution < 1.29 is 14.3 Å². The summed E-state index contributed by atoms with van der Waals surface area (Å²) in [5.74, 6) is -0.353. The van der Waals surface area contributed by atoms with Crippen LogP contribution in [-0.2, 0) is 16.0 Å². The highest BCUT2D eigenvalue weighted by Crippen LogP contribution is 2.10. The molecule has 0 aromatic heterocycles. The Morgan fingerprint density at radius 1 is 1.24 bits per heavy atom. The smallest absolute Gasteiger partial charge is 0.408 e. The molecule has 0 aliphatic carbocycles. The molecule has 2 N–H and O–H groups in total. The molecule has 2 amide bonds. The van der Waals surface area contributed by atoms with Gasteiger partial charge in [0.05, 0.1) is 12.5 Å². The molecule has 0 spiro atoms. The molecule has 0 radical (unpaired) electrons. The summed E-state index contributed by atoms with van der Waals surface area (Å²) in [7, 11) is 0. The van der Waals surface area contributed by atoms with Crippen LogP contribution in [0.15, 0.2) is 24.3 Å². The van der Waals surface area contributed by atoms with Gasteiger partial charge in [-0.15, -0.1) is 0 Å². The average molecular weight is 289 g/mol. The number of nitrogens with one attached hydrogen (secondary N) is 2. The number of nitrogens with zero attached hydrogens (tertiary/aromatic N) is 1. The van der Waals surface area contributed by atoms with E-state index in [0.717, 1.165) is 5.56 Å². The topological polar surface area (TPSA) is 91.2 Å². The highest BCUT2D eigenvalue weighted by atomic mass is 16.6. The van der Waals surface area contributed by atoms with Gasteiger partial charge in [0.15, 0.2) is 0 Å². The molecule has 0 bridgehead atoms. The number of amides is 2. The average Bonchev–Trinajstić information content (AvgIpc) is 2.37. The van der Waals surface area contributed by atoms with Gasteiger partial charge >= 0.3 is 6.09 Å². The fourth-order valence-corrected chi connectivity index (χ4v) is 1.47. The van der Waals surface area contributed by atoms with Gasteiger partial charge in [-0.3, -0.25) is 4.79 Å². The maximum Gasteiger partial charge on any atom is 0.408 e. The van der Waals surface area contributed by atoms with Gasteiger partial charge in [0.25, 0.3) is 0 Å². The van der Waals surface area contributed by atoms with Crippen molar-refractivity contribution in [2.75, 3.05) is 11.9 Å². The third-order valence-electron chi connectivity index (χ3n) is 2.31. The van der Waals surface area contributed by atoms with E-state index in [1.54, 1.807) is 45.0 Å². The second-order valence-electron chi connectivity index (χ2n) is 5.44. The fraction of sp³-hybridized carbons (Fsp3) is 0.400. The van der Waals surface area contributed by atoms with Gasteiger partial charge in [0.2, 0.25) is 5.91 Å². The number of hydrogen-bond acceptors (Lipinski definition) is 4. The molecule has 0 saturated heterocycles. The number of rotatable bonds is 4. The number of nitriles is 1. The zero-order chi connectivity index (χ0) is 15.9. The van der Waals surface area contributed by atoms with Crippen molar-refractivity contribution in [3.05, 3.63) is 29.8 Å². The summed E-state index contributed by atoms with van der Waals surface area (Å²) < 4.78 is 5.02. The molecule has 0 heterocycles. The predicted octanol–water partition coefficient (Wildman–Crippen LogP) is 2.22. The van der Waals surface area contributed by atoms with Crippen LogP contribution in [0.3, 0.4) is 0 Å². The van der Waals surface area contributed by atoms with Crippen LogP contribution in [0.5, 0.6) is 0 Å². The molecule has 0 fully saturated rings. The first kappa shape index (κ1) is 16.5. The van der Waals surface area contributed by atoms with Crippen molar-refractivity contribution in [1.29, 1.82) is 5.26 Å².